The second-order valence-corrected chi connectivity index (χ2v) is 8.03. The zero-order chi connectivity index (χ0) is 18.5. The molecule has 8 nitrogen and oxygen atoms in total. The van der Waals surface area contributed by atoms with Crippen LogP contribution in [0.2, 0.25) is 0 Å². The van der Waals surface area contributed by atoms with Gasteiger partial charge >= 0.3 is 12.1 Å². The first-order valence-electron chi connectivity index (χ1n) is 7.26. The highest BCUT2D eigenvalue weighted by Crippen LogP contribution is 2.22. The topological polar surface area (TPSA) is 113 Å². The van der Waals surface area contributed by atoms with Gasteiger partial charge in [-0.25, -0.2) is 13.2 Å². The molecule has 0 aliphatic carbocycles. The highest BCUT2D eigenvalue weighted by Gasteiger charge is 2.25. The molecule has 134 valence electrons. The van der Waals surface area contributed by atoms with Crippen molar-refractivity contribution in [3.05, 3.63) is 24.3 Å². The van der Waals surface area contributed by atoms with E-state index in [1.165, 1.54) is 31.2 Å². The molecular formula is C15H22N2O6S. The van der Waals surface area contributed by atoms with Gasteiger partial charge in [0, 0.05) is 5.69 Å². The quantitative estimate of drug-likeness (QED) is 0.806. The maximum Gasteiger partial charge on any atom is 0.415 e. The normalized spacial score (nSPS) is 11.7. The number of nitrogens with zero attached hydrogens (tertiary/aromatic N) is 1. The summed E-state index contributed by atoms with van der Waals surface area (Å²) in [6.07, 6.45) is -0.833. The van der Waals surface area contributed by atoms with Crippen molar-refractivity contribution in [1.29, 1.82) is 0 Å². The molecule has 0 radical (unpaired) electrons. The molecular weight excluding hydrogens is 336 g/mol. The van der Waals surface area contributed by atoms with Crippen molar-refractivity contribution >= 4 is 33.5 Å². The van der Waals surface area contributed by atoms with E-state index in [0.29, 0.717) is 0 Å². The third-order valence-corrected chi connectivity index (χ3v) is 4.03. The molecule has 9 heteroatoms. The molecule has 0 unspecified atom stereocenters. The number of benzene rings is 1. The van der Waals surface area contributed by atoms with Crippen LogP contribution in [0.5, 0.6) is 0 Å². The van der Waals surface area contributed by atoms with E-state index in [-0.39, 0.29) is 17.1 Å². The number of ether oxygens (including phenoxy) is 1. The Morgan fingerprint density at radius 2 is 1.92 bits per heavy atom. The van der Waals surface area contributed by atoms with Crippen LogP contribution in [0.25, 0.3) is 0 Å². The van der Waals surface area contributed by atoms with E-state index >= 15 is 0 Å². The first-order valence-corrected chi connectivity index (χ1v) is 8.91. The highest BCUT2D eigenvalue weighted by atomic mass is 32.2. The van der Waals surface area contributed by atoms with Gasteiger partial charge in [-0.2, -0.15) is 0 Å². The maximum atomic E-state index is 12.2. The maximum absolute atomic E-state index is 12.2. The average molecular weight is 358 g/mol. The van der Waals surface area contributed by atoms with Gasteiger partial charge in [0.2, 0.25) is 10.0 Å². The summed E-state index contributed by atoms with van der Waals surface area (Å²) in [5, 5.41) is 9.03. The van der Waals surface area contributed by atoms with E-state index in [9.17, 15) is 18.0 Å². The molecule has 0 aliphatic heterocycles. The molecule has 2 N–H and O–H groups in total. The van der Waals surface area contributed by atoms with Crippen molar-refractivity contribution in [2.24, 2.45) is 0 Å². The van der Waals surface area contributed by atoms with E-state index in [4.69, 9.17) is 9.84 Å². The summed E-state index contributed by atoms with van der Waals surface area (Å²) < 4.78 is 30.8. The molecule has 0 saturated heterocycles. The van der Waals surface area contributed by atoms with Gasteiger partial charge in [-0.15, -0.1) is 0 Å². The number of nitrogens with one attached hydrogen (secondary N) is 1. The van der Waals surface area contributed by atoms with E-state index in [2.05, 4.69) is 4.72 Å². The monoisotopic (exact) mass is 358 g/mol. The van der Waals surface area contributed by atoms with Gasteiger partial charge in [0.05, 0.1) is 11.4 Å². The van der Waals surface area contributed by atoms with Crippen molar-refractivity contribution in [3.63, 3.8) is 0 Å². The highest BCUT2D eigenvalue weighted by molar-refractivity contribution is 7.92. The number of hydrogen-bond donors (Lipinski definition) is 2. The number of carbonyl (C=O) groups excluding carboxylic acids is 1. The van der Waals surface area contributed by atoms with Crippen LogP contribution < -0.4 is 9.62 Å². The van der Waals surface area contributed by atoms with Crippen LogP contribution in [0.4, 0.5) is 16.2 Å². The van der Waals surface area contributed by atoms with Crippen LogP contribution in [-0.4, -0.2) is 43.5 Å². The lowest BCUT2D eigenvalue weighted by molar-refractivity contribution is -0.135. The Balaban J connectivity index is 3.15. The molecule has 1 aromatic rings. The number of sulfonamides is 1. The van der Waals surface area contributed by atoms with Crippen LogP contribution in [0, 0.1) is 0 Å². The Labute approximate surface area is 141 Å². The van der Waals surface area contributed by atoms with Gasteiger partial charge in [0.15, 0.2) is 0 Å². The molecule has 0 heterocycles. The summed E-state index contributed by atoms with van der Waals surface area (Å²) in [7, 11) is -3.49. The molecule has 0 saturated carbocycles. The fourth-order valence-electron chi connectivity index (χ4n) is 1.70. The zero-order valence-electron chi connectivity index (χ0n) is 14.1. The number of rotatable bonds is 6. The van der Waals surface area contributed by atoms with Crippen molar-refractivity contribution in [1.82, 2.24) is 0 Å². The minimum absolute atomic E-state index is 0.109. The number of carbonyl (C=O) groups is 2. The molecule has 0 aliphatic rings. The molecule has 0 aromatic heterocycles. The van der Waals surface area contributed by atoms with Crippen LogP contribution in [0.3, 0.4) is 0 Å². The Hall–Kier alpha value is -2.29. The smallest absolute Gasteiger partial charge is 0.415 e. The summed E-state index contributed by atoms with van der Waals surface area (Å²) in [6, 6.07) is 5.89. The standard InChI is InChI=1S/C15H22N2O6S/c1-5-24(21,22)16-11-7-6-8-12(9-11)17(10-13(18)19)14(20)23-15(2,3)4/h6-9,16H,5,10H2,1-4H3,(H,18,19). The summed E-state index contributed by atoms with van der Waals surface area (Å²) in [5.74, 6) is -1.33. The fraction of sp³-hybridized carbons (Fsp3) is 0.467. The number of hydrogen-bond acceptors (Lipinski definition) is 5. The van der Waals surface area contributed by atoms with E-state index in [0.717, 1.165) is 4.90 Å². The predicted octanol–water partition coefficient (Wildman–Crippen LogP) is 2.27. The summed E-state index contributed by atoms with van der Waals surface area (Å²) >= 11 is 0. The summed E-state index contributed by atoms with van der Waals surface area (Å²) in [4.78, 5) is 24.2. The van der Waals surface area contributed by atoms with Crippen LogP contribution in [-0.2, 0) is 19.6 Å². The Kier molecular flexibility index (Phi) is 6.19. The van der Waals surface area contributed by atoms with E-state index in [1.807, 2.05) is 0 Å². The van der Waals surface area contributed by atoms with Crippen molar-refractivity contribution < 1.29 is 27.9 Å². The number of aliphatic carboxylic acids is 1. The third-order valence-electron chi connectivity index (χ3n) is 2.72. The molecule has 1 amide bonds. The van der Waals surface area contributed by atoms with Crippen molar-refractivity contribution in [2.45, 2.75) is 33.3 Å². The molecule has 0 bridgehead atoms. The van der Waals surface area contributed by atoms with Gasteiger partial charge in [-0.05, 0) is 45.9 Å². The van der Waals surface area contributed by atoms with Gasteiger partial charge in [-0.1, -0.05) is 6.07 Å². The average Bonchev–Trinajstić information content (AvgIpc) is 2.42. The summed E-state index contributed by atoms with van der Waals surface area (Å²) in [6.45, 7) is 5.86. The minimum Gasteiger partial charge on any atom is -0.480 e. The Bertz CT molecular complexity index is 709. The number of carboxylic acids is 1. The first kappa shape index (κ1) is 19.8. The first-order chi connectivity index (χ1) is 10.9. The molecule has 0 spiro atoms. The number of anilines is 2. The number of carboxylic acid groups (broad SMARTS) is 1. The SMILES string of the molecule is CCS(=O)(=O)Nc1cccc(N(CC(=O)O)C(=O)OC(C)(C)C)c1. The van der Waals surface area contributed by atoms with E-state index in [1.54, 1.807) is 20.8 Å². The Morgan fingerprint density at radius 1 is 1.29 bits per heavy atom. The van der Waals surface area contributed by atoms with Crippen LogP contribution in [0.1, 0.15) is 27.7 Å². The lowest BCUT2D eigenvalue weighted by Gasteiger charge is -2.26. The predicted molar refractivity (Wildman–Crippen MR) is 90.7 cm³/mol. The Morgan fingerprint density at radius 3 is 2.42 bits per heavy atom. The largest absolute Gasteiger partial charge is 0.480 e. The minimum atomic E-state index is -3.49. The van der Waals surface area contributed by atoms with Gasteiger partial charge in [-0.3, -0.25) is 14.4 Å². The van der Waals surface area contributed by atoms with Crippen LogP contribution in [0.15, 0.2) is 24.3 Å². The van der Waals surface area contributed by atoms with Crippen LogP contribution >= 0.6 is 0 Å². The van der Waals surface area contributed by atoms with Gasteiger partial charge < -0.3 is 9.84 Å². The molecule has 0 fully saturated rings. The zero-order valence-corrected chi connectivity index (χ0v) is 14.9. The third kappa shape index (κ3) is 6.45. The molecule has 1 rings (SSSR count). The molecule has 24 heavy (non-hydrogen) atoms. The van der Waals surface area contributed by atoms with Crippen molar-refractivity contribution in [3.8, 4) is 0 Å². The summed E-state index contributed by atoms with van der Waals surface area (Å²) in [5.41, 5.74) is -0.355. The van der Waals surface area contributed by atoms with Gasteiger partial charge in [0.1, 0.15) is 12.1 Å². The second-order valence-electron chi connectivity index (χ2n) is 6.02. The van der Waals surface area contributed by atoms with Gasteiger partial charge in [0.25, 0.3) is 0 Å². The number of amides is 1. The fourth-order valence-corrected chi connectivity index (χ4v) is 2.33. The lowest BCUT2D eigenvalue weighted by atomic mass is 10.2. The second kappa shape index (κ2) is 7.52. The van der Waals surface area contributed by atoms with Crippen molar-refractivity contribution in [2.75, 3.05) is 21.9 Å². The molecule has 1 aromatic carbocycles. The lowest BCUT2D eigenvalue weighted by Crippen LogP contribution is -2.40. The molecule has 0 atom stereocenters. The van der Waals surface area contributed by atoms with E-state index < -0.39 is 34.2 Å².